The molecule has 7 heteroatoms. The number of rotatable bonds is 2. The highest BCUT2D eigenvalue weighted by Gasteiger charge is 2.28. The zero-order valence-corrected chi connectivity index (χ0v) is 15.8. The maximum Gasteiger partial charge on any atom is 0.231 e. The van der Waals surface area contributed by atoms with Gasteiger partial charge in [0.1, 0.15) is 0 Å². The Morgan fingerprint density at radius 1 is 1.00 bits per heavy atom. The minimum atomic E-state index is 0. The van der Waals surface area contributed by atoms with Gasteiger partial charge in [0.15, 0.2) is 35.7 Å². The van der Waals surface area contributed by atoms with Crippen LogP contribution in [-0.4, -0.2) is 26.5 Å². The zero-order valence-electron chi connectivity index (χ0n) is 15.0. The average molecular weight is 390 g/mol. The SMILES string of the molecule is COc1ccc2cc3[n+](cc2c1OC)CCc1cc2c(cc1-3)OCO2.O.[Cl-]. The molecule has 6 nitrogen and oxygen atoms in total. The van der Waals surface area contributed by atoms with Crippen molar-refractivity contribution in [2.75, 3.05) is 21.0 Å². The molecule has 3 heterocycles. The van der Waals surface area contributed by atoms with Gasteiger partial charge in [-0.15, -0.1) is 0 Å². The van der Waals surface area contributed by atoms with Crippen LogP contribution in [0.1, 0.15) is 5.56 Å². The number of nitrogens with zero attached hydrogens (tertiary/aromatic N) is 1. The van der Waals surface area contributed by atoms with Crippen LogP contribution >= 0.6 is 0 Å². The number of pyridine rings is 1. The molecule has 0 saturated heterocycles. The van der Waals surface area contributed by atoms with Gasteiger partial charge in [-0.2, -0.15) is 4.57 Å². The van der Waals surface area contributed by atoms with E-state index >= 15 is 0 Å². The summed E-state index contributed by atoms with van der Waals surface area (Å²) < 4.78 is 24.4. The number of hydrogen-bond donors (Lipinski definition) is 0. The number of halogens is 1. The van der Waals surface area contributed by atoms with E-state index in [1.165, 1.54) is 16.8 Å². The second kappa shape index (κ2) is 7.13. The molecule has 2 aliphatic heterocycles. The topological polar surface area (TPSA) is 72.3 Å². The number of fused-ring (bicyclic) bond motifs is 5. The Kier molecular flexibility index (Phi) is 5.04. The predicted molar refractivity (Wildman–Crippen MR) is 96.1 cm³/mol. The summed E-state index contributed by atoms with van der Waals surface area (Å²) in [5, 5.41) is 2.17. The molecule has 0 bridgehead atoms. The number of aromatic nitrogens is 1. The van der Waals surface area contributed by atoms with Crippen molar-refractivity contribution in [3.63, 3.8) is 0 Å². The molecule has 0 spiro atoms. The summed E-state index contributed by atoms with van der Waals surface area (Å²) in [6.07, 6.45) is 3.11. The number of hydrogen-bond acceptors (Lipinski definition) is 4. The fraction of sp³-hybridized carbons (Fsp3) is 0.250. The van der Waals surface area contributed by atoms with Gasteiger partial charge >= 0.3 is 0 Å². The molecule has 3 aromatic rings. The van der Waals surface area contributed by atoms with Crippen LogP contribution in [-0.2, 0) is 13.0 Å². The lowest BCUT2D eigenvalue weighted by Gasteiger charge is -2.17. The van der Waals surface area contributed by atoms with Crippen LogP contribution in [0.25, 0.3) is 22.0 Å². The molecule has 0 amide bonds. The van der Waals surface area contributed by atoms with Crippen molar-refractivity contribution < 1.29 is 41.4 Å². The molecule has 2 aliphatic rings. The summed E-state index contributed by atoms with van der Waals surface area (Å²) in [7, 11) is 3.34. The van der Waals surface area contributed by atoms with Crippen molar-refractivity contribution in [2.24, 2.45) is 0 Å². The van der Waals surface area contributed by atoms with E-state index in [9.17, 15) is 0 Å². The van der Waals surface area contributed by atoms with Crippen LogP contribution < -0.4 is 35.9 Å². The highest BCUT2D eigenvalue weighted by molar-refractivity contribution is 5.91. The minimum absolute atomic E-state index is 0. The summed E-state index contributed by atoms with van der Waals surface area (Å²) in [6.45, 7) is 1.21. The van der Waals surface area contributed by atoms with Gasteiger partial charge in [0.05, 0.1) is 25.2 Å². The summed E-state index contributed by atoms with van der Waals surface area (Å²) in [5.74, 6) is 3.18. The molecule has 142 valence electrons. The van der Waals surface area contributed by atoms with E-state index in [1.807, 2.05) is 6.07 Å². The first-order valence-electron chi connectivity index (χ1n) is 8.29. The van der Waals surface area contributed by atoms with Crippen molar-refractivity contribution in [2.45, 2.75) is 13.0 Å². The zero-order chi connectivity index (χ0) is 17.0. The quantitative estimate of drug-likeness (QED) is 0.542. The number of benzene rings is 2. The number of methoxy groups -OCH3 is 2. The number of ether oxygens (including phenoxy) is 4. The highest BCUT2D eigenvalue weighted by Crippen LogP contribution is 2.41. The van der Waals surface area contributed by atoms with Gasteiger partial charge in [0.2, 0.25) is 12.5 Å². The molecule has 2 N–H and O–H groups in total. The van der Waals surface area contributed by atoms with Crippen molar-refractivity contribution in [3.05, 3.63) is 42.1 Å². The van der Waals surface area contributed by atoms with Gasteiger partial charge in [0.25, 0.3) is 0 Å². The Balaban J connectivity index is 0.00000105. The third-order valence-corrected chi connectivity index (χ3v) is 5.00. The third kappa shape index (κ3) is 2.81. The van der Waals surface area contributed by atoms with Gasteiger partial charge < -0.3 is 36.8 Å². The fourth-order valence-corrected chi connectivity index (χ4v) is 3.77. The number of aryl methyl sites for hydroxylation is 2. The first kappa shape index (κ1) is 19.1. The Labute approximate surface area is 163 Å². The van der Waals surface area contributed by atoms with Crippen molar-refractivity contribution >= 4 is 10.8 Å². The molecule has 0 aliphatic carbocycles. The van der Waals surface area contributed by atoms with E-state index in [0.717, 1.165) is 46.7 Å². The largest absolute Gasteiger partial charge is 1.00 e. The molecule has 5 rings (SSSR count). The van der Waals surface area contributed by atoms with E-state index in [0.29, 0.717) is 6.79 Å². The molecular weight excluding hydrogens is 370 g/mol. The van der Waals surface area contributed by atoms with Crippen LogP contribution in [0.3, 0.4) is 0 Å². The lowest BCUT2D eigenvalue weighted by atomic mass is 9.95. The molecule has 0 fully saturated rings. The molecule has 1 aromatic heterocycles. The van der Waals surface area contributed by atoms with Crippen molar-refractivity contribution in [1.82, 2.24) is 0 Å². The summed E-state index contributed by atoms with van der Waals surface area (Å²) in [5.41, 5.74) is 3.68. The van der Waals surface area contributed by atoms with Crippen molar-refractivity contribution in [3.8, 4) is 34.3 Å². The Morgan fingerprint density at radius 3 is 2.52 bits per heavy atom. The van der Waals surface area contributed by atoms with E-state index in [-0.39, 0.29) is 17.9 Å². The summed E-state index contributed by atoms with van der Waals surface area (Å²) >= 11 is 0. The predicted octanol–water partition coefficient (Wildman–Crippen LogP) is -0.724. The van der Waals surface area contributed by atoms with Crippen LogP contribution in [0.15, 0.2) is 36.5 Å². The maximum absolute atomic E-state index is 5.60. The molecular formula is C20H20ClNO5. The first-order valence-corrected chi connectivity index (χ1v) is 8.29. The van der Waals surface area contributed by atoms with Crippen LogP contribution in [0.5, 0.6) is 23.0 Å². The average Bonchev–Trinajstić information content (AvgIpc) is 3.11. The Morgan fingerprint density at radius 2 is 1.78 bits per heavy atom. The Hall–Kier alpha value is -2.70. The summed E-state index contributed by atoms with van der Waals surface area (Å²) in [4.78, 5) is 0. The van der Waals surface area contributed by atoms with E-state index in [1.54, 1.807) is 14.2 Å². The molecule has 27 heavy (non-hydrogen) atoms. The lowest BCUT2D eigenvalue weighted by molar-refractivity contribution is -0.686. The van der Waals surface area contributed by atoms with Gasteiger partial charge in [-0.05, 0) is 35.2 Å². The standard InChI is InChI=1S/C20H18NO4.ClH.H2O/c1-22-17-4-3-12-7-16-14-9-19-18(24-11-25-19)8-13(14)5-6-21(16)10-15(12)20(17)23-2;;/h3-4,7-10H,5-6,11H2,1-2H3;1H;1H2/q+1;;/p-1. The molecule has 0 saturated carbocycles. The van der Waals surface area contributed by atoms with E-state index < -0.39 is 0 Å². The minimum Gasteiger partial charge on any atom is -1.00 e. The van der Waals surface area contributed by atoms with Gasteiger partial charge in [0, 0.05) is 12.5 Å². The van der Waals surface area contributed by atoms with E-state index in [4.69, 9.17) is 18.9 Å². The molecule has 0 radical (unpaired) electrons. The monoisotopic (exact) mass is 389 g/mol. The molecule has 0 atom stereocenters. The smallest absolute Gasteiger partial charge is 0.231 e. The summed E-state index contributed by atoms with van der Waals surface area (Å²) in [6, 6.07) is 10.4. The fourth-order valence-electron chi connectivity index (χ4n) is 3.77. The van der Waals surface area contributed by atoms with Crippen molar-refractivity contribution in [1.29, 1.82) is 0 Å². The van der Waals surface area contributed by atoms with Crippen LogP contribution in [0.2, 0.25) is 0 Å². The van der Waals surface area contributed by atoms with E-state index in [2.05, 4.69) is 35.0 Å². The third-order valence-electron chi connectivity index (χ3n) is 5.00. The second-order valence-corrected chi connectivity index (χ2v) is 6.27. The first-order chi connectivity index (χ1) is 12.3. The second-order valence-electron chi connectivity index (χ2n) is 6.27. The van der Waals surface area contributed by atoms with Crippen LogP contribution in [0.4, 0.5) is 0 Å². The molecule has 2 aromatic carbocycles. The maximum atomic E-state index is 5.60. The van der Waals surface area contributed by atoms with Gasteiger partial charge in [-0.3, -0.25) is 0 Å². The Bertz CT molecular complexity index is 1020. The lowest BCUT2D eigenvalue weighted by Crippen LogP contribution is -3.00. The van der Waals surface area contributed by atoms with Gasteiger partial charge in [-0.25, -0.2) is 0 Å². The highest BCUT2D eigenvalue weighted by atomic mass is 35.5. The van der Waals surface area contributed by atoms with Gasteiger partial charge in [-0.1, -0.05) is 0 Å². The molecule has 0 unspecified atom stereocenters. The normalized spacial score (nSPS) is 13.1. The van der Waals surface area contributed by atoms with Crippen LogP contribution in [0, 0.1) is 0 Å².